The molecule has 1 atom stereocenters. The zero-order valence-corrected chi connectivity index (χ0v) is 8.05. The number of hydrogen-bond donors (Lipinski definition) is 1. The first kappa shape index (κ1) is 9.95. The van der Waals surface area contributed by atoms with Gasteiger partial charge in [-0.15, -0.1) is 0 Å². The van der Waals surface area contributed by atoms with E-state index in [2.05, 4.69) is 0 Å². The van der Waals surface area contributed by atoms with Crippen LogP contribution in [0.5, 0.6) is 0 Å². The van der Waals surface area contributed by atoms with Crippen LogP contribution in [0.25, 0.3) is 0 Å². The molecule has 1 unspecified atom stereocenters. The Labute approximate surface area is 73.1 Å². The molecule has 0 aromatic rings. The molecular weight excluding hydrogens is 178 g/mol. The lowest BCUT2D eigenvalue weighted by Gasteiger charge is -2.23. The summed E-state index contributed by atoms with van der Waals surface area (Å²) in [4.78, 5) is 0. The number of hydroxylamine groups is 2. The molecule has 0 amide bonds. The lowest BCUT2D eigenvalue weighted by atomic mass is 10.1. The van der Waals surface area contributed by atoms with Gasteiger partial charge in [-0.1, -0.05) is 0 Å². The summed E-state index contributed by atoms with van der Waals surface area (Å²) < 4.78 is 22.3. The van der Waals surface area contributed by atoms with Gasteiger partial charge in [-0.3, -0.25) is 0 Å². The van der Waals surface area contributed by atoms with Gasteiger partial charge in [-0.05, 0) is 18.8 Å². The first-order valence-corrected chi connectivity index (χ1v) is 5.92. The summed E-state index contributed by atoms with van der Waals surface area (Å²) >= 11 is 0. The number of rotatable bonds is 2. The molecule has 0 radical (unpaired) electrons. The van der Waals surface area contributed by atoms with Crippen LogP contribution >= 0.6 is 0 Å². The zero-order valence-electron chi connectivity index (χ0n) is 7.23. The van der Waals surface area contributed by atoms with Crippen molar-refractivity contribution in [2.24, 2.45) is 5.92 Å². The second-order valence-electron chi connectivity index (χ2n) is 3.46. The molecule has 1 aliphatic heterocycles. The minimum Gasteiger partial charge on any atom is -0.314 e. The fourth-order valence-corrected chi connectivity index (χ4v) is 3.40. The van der Waals surface area contributed by atoms with Crippen molar-refractivity contribution in [3.05, 3.63) is 0 Å². The van der Waals surface area contributed by atoms with Crippen molar-refractivity contribution in [1.82, 2.24) is 5.06 Å². The summed E-state index contributed by atoms with van der Waals surface area (Å²) in [5, 5.41) is 9.97. The van der Waals surface area contributed by atoms with Crippen molar-refractivity contribution in [3.8, 4) is 0 Å². The fourth-order valence-electron chi connectivity index (χ4n) is 1.64. The largest absolute Gasteiger partial charge is 0.314 e. The van der Waals surface area contributed by atoms with Crippen LogP contribution < -0.4 is 0 Å². The molecule has 1 heterocycles. The number of hydrogen-bond acceptors (Lipinski definition) is 4. The molecule has 0 bridgehead atoms. The van der Waals surface area contributed by atoms with Gasteiger partial charge in [0, 0.05) is 13.6 Å². The van der Waals surface area contributed by atoms with Gasteiger partial charge in [-0.25, -0.2) is 8.42 Å². The average Bonchev–Trinajstić information content (AvgIpc) is 1.82. The zero-order chi connectivity index (χ0) is 9.19. The van der Waals surface area contributed by atoms with E-state index < -0.39 is 9.84 Å². The maximum Gasteiger partial charge on any atom is 0.150 e. The van der Waals surface area contributed by atoms with Crippen LogP contribution in [0, 0.1) is 5.92 Å². The molecule has 72 valence electrons. The summed E-state index contributed by atoms with van der Waals surface area (Å²) in [7, 11) is -1.27. The minimum absolute atomic E-state index is 0.110. The van der Waals surface area contributed by atoms with E-state index in [-0.39, 0.29) is 11.7 Å². The van der Waals surface area contributed by atoms with Gasteiger partial charge in [0.2, 0.25) is 0 Å². The topological polar surface area (TPSA) is 57.6 Å². The molecule has 1 saturated heterocycles. The maximum absolute atomic E-state index is 11.1. The van der Waals surface area contributed by atoms with E-state index in [1.807, 2.05) is 0 Å². The lowest BCUT2D eigenvalue weighted by Crippen LogP contribution is -2.32. The molecule has 4 nitrogen and oxygen atoms in total. The van der Waals surface area contributed by atoms with E-state index in [9.17, 15) is 8.42 Å². The number of sulfone groups is 1. The second-order valence-corrected chi connectivity index (χ2v) is 5.69. The third kappa shape index (κ3) is 3.08. The van der Waals surface area contributed by atoms with Crippen LogP contribution in [0.1, 0.15) is 12.8 Å². The van der Waals surface area contributed by atoms with E-state index in [1.165, 1.54) is 0 Å². The smallest absolute Gasteiger partial charge is 0.150 e. The highest BCUT2D eigenvalue weighted by Gasteiger charge is 2.25. The summed E-state index contributed by atoms with van der Waals surface area (Å²) in [5.41, 5.74) is 0. The third-order valence-electron chi connectivity index (χ3n) is 2.08. The Bertz CT molecular complexity index is 235. The van der Waals surface area contributed by atoms with Crippen LogP contribution in [0.3, 0.4) is 0 Å². The van der Waals surface area contributed by atoms with Crippen molar-refractivity contribution in [1.29, 1.82) is 0 Å². The van der Waals surface area contributed by atoms with Crippen LogP contribution in [0.4, 0.5) is 0 Å². The monoisotopic (exact) mass is 193 g/mol. The Morgan fingerprint density at radius 3 is 2.75 bits per heavy atom. The molecular formula is C7H15NO3S. The molecule has 0 aromatic carbocycles. The van der Waals surface area contributed by atoms with E-state index in [4.69, 9.17) is 5.21 Å². The minimum atomic E-state index is -2.82. The highest BCUT2D eigenvalue weighted by molar-refractivity contribution is 7.91. The second kappa shape index (κ2) is 3.72. The van der Waals surface area contributed by atoms with Gasteiger partial charge in [0.05, 0.1) is 11.5 Å². The van der Waals surface area contributed by atoms with Crippen LogP contribution in [-0.2, 0) is 9.84 Å². The molecule has 0 spiro atoms. The van der Waals surface area contributed by atoms with Crippen molar-refractivity contribution < 1.29 is 13.6 Å². The predicted molar refractivity (Wildman–Crippen MR) is 45.8 cm³/mol. The van der Waals surface area contributed by atoms with Gasteiger partial charge in [0.15, 0.2) is 9.84 Å². The molecule has 0 saturated carbocycles. The Morgan fingerprint density at radius 1 is 1.58 bits per heavy atom. The van der Waals surface area contributed by atoms with Gasteiger partial charge < -0.3 is 5.21 Å². The lowest BCUT2D eigenvalue weighted by molar-refractivity contribution is -0.0750. The van der Waals surface area contributed by atoms with Crippen molar-refractivity contribution in [2.75, 3.05) is 25.1 Å². The molecule has 1 fully saturated rings. The van der Waals surface area contributed by atoms with Crippen LogP contribution in [-0.4, -0.2) is 43.8 Å². The highest BCUT2D eigenvalue weighted by atomic mass is 32.2. The molecule has 0 aromatic heterocycles. The Hall–Kier alpha value is -0.130. The summed E-state index contributed by atoms with van der Waals surface area (Å²) in [6, 6.07) is 0. The van der Waals surface area contributed by atoms with E-state index >= 15 is 0 Å². The number of nitrogens with zero attached hydrogens (tertiary/aromatic N) is 1. The molecule has 12 heavy (non-hydrogen) atoms. The van der Waals surface area contributed by atoms with Crippen molar-refractivity contribution in [2.45, 2.75) is 12.8 Å². The Balaban J connectivity index is 2.47. The summed E-state index contributed by atoms with van der Waals surface area (Å²) in [6.45, 7) is 0.458. The first-order valence-electron chi connectivity index (χ1n) is 4.10. The van der Waals surface area contributed by atoms with Gasteiger partial charge in [0.1, 0.15) is 0 Å². The molecule has 1 N–H and O–H groups in total. The average molecular weight is 193 g/mol. The Kier molecular flexibility index (Phi) is 3.09. The summed E-state index contributed by atoms with van der Waals surface area (Å²) in [5.74, 6) is 0.662. The van der Waals surface area contributed by atoms with Crippen molar-refractivity contribution in [3.63, 3.8) is 0 Å². The first-order chi connectivity index (χ1) is 5.49. The van der Waals surface area contributed by atoms with Gasteiger partial charge >= 0.3 is 0 Å². The van der Waals surface area contributed by atoms with Crippen LogP contribution in [0.2, 0.25) is 0 Å². The van der Waals surface area contributed by atoms with E-state index in [0.717, 1.165) is 17.9 Å². The maximum atomic E-state index is 11.1. The van der Waals surface area contributed by atoms with Gasteiger partial charge in [-0.2, -0.15) is 5.06 Å². The molecule has 1 aliphatic rings. The van der Waals surface area contributed by atoms with E-state index in [0.29, 0.717) is 12.3 Å². The fraction of sp³-hybridized carbons (Fsp3) is 1.00. The standard InChI is InChI=1S/C7H15NO3S/c1-8(9)5-7-3-2-4-12(10,11)6-7/h7,9H,2-6H2,1H3. The Morgan fingerprint density at radius 2 is 2.25 bits per heavy atom. The third-order valence-corrected chi connectivity index (χ3v) is 3.97. The summed E-state index contributed by atoms with van der Waals surface area (Å²) in [6.07, 6.45) is 1.64. The predicted octanol–water partition coefficient (Wildman–Crippen LogP) is 0.132. The van der Waals surface area contributed by atoms with Crippen molar-refractivity contribution >= 4 is 9.84 Å². The van der Waals surface area contributed by atoms with E-state index in [1.54, 1.807) is 7.05 Å². The molecule has 0 aliphatic carbocycles. The van der Waals surface area contributed by atoms with Gasteiger partial charge in [0.25, 0.3) is 0 Å². The normalized spacial score (nSPS) is 29.1. The highest BCUT2D eigenvalue weighted by Crippen LogP contribution is 2.18. The molecule has 5 heteroatoms. The quantitative estimate of drug-likeness (QED) is 0.633. The molecule has 1 rings (SSSR count). The van der Waals surface area contributed by atoms with Crippen LogP contribution in [0.15, 0.2) is 0 Å². The SMILES string of the molecule is CN(O)CC1CCCS(=O)(=O)C1.